The normalized spacial score (nSPS) is 11.0. The molecule has 9 heteroatoms. The van der Waals surface area contributed by atoms with Crippen LogP contribution in [-0.4, -0.2) is 42.3 Å². The van der Waals surface area contributed by atoms with E-state index in [0.717, 1.165) is 17.7 Å². The lowest BCUT2D eigenvalue weighted by molar-refractivity contribution is -0.124. The first-order valence-corrected chi connectivity index (χ1v) is 9.23. The molecular weight excluding hydrogens is 399 g/mol. The van der Waals surface area contributed by atoms with Gasteiger partial charge in [-0.15, -0.1) is 10.2 Å². The Morgan fingerprint density at radius 3 is 2.28 bits per heavy atom. The Balaban J connectivity index is 1.80. The second-order valence-electron chi connectivity index (χ2n) is 6.11. The molecule has 0 aliphatic rings. The monoisotopic (exact) mass is 418 g/mol. The number of hydrogen-bond acceptors (Lipinski definition) is 4. The molecule has 0 fully saturated rings. The van der Waals surface area contributed by atoms with Crippen LogP contribution in [0.15, 0.2) is 58.8 Å². The molecule has 1 N–H and O–H groups in total. The summed E-state index contributed by atoms with van der Waals surface area (Å²) in [5.74, 6) is -2.15. The topological polar surface area (TPSA) is 91.2 Å². The average molecular weight is 419 g/mol. The van der Waals surface area contributed by atoms with Crippen LogP contribution in [-0.2, 0) is 16.1 Å². The maximum atomic E-state index is 12.9. The molecule has 0 saturated carbocycles. The fourth-order valence-corrected chi connectivity index (χ4v) is 2.44. The highest BCUT2D eigenvalue weighted by molar-refractivity contribution is 6.30. The summed E-state index contributed by atoms with van der Waals surface area (Å²) in [5, 5.41) is 10.1. The third-order valence-electron chi connectivity index (χ3n) is 3.92. The number of carbonyl (C=O) groups excluding carboxylic acids is 3. The van der Waals surface area contributed by atoms with Crippen molar-refractivity contribution in [1.82, 2.24) is 10.2 Å². The van der Waals surface area contributed by atoms with E-state index >= 15 is 0 Å². The molecule has 3 amide bonds. The van der Waals surface area contributed by atoms with Crippen molar-refractivity contribution in [1.29, 1.82) is 0 Å². The Morgan fingerprint density at radius 2 is 1.66 bits per heavy atom. The lowest BCUT2D eigenvalue weighted by Crippen LogP contribution is -2.39. The minimum Gasteiger partial charge on any atom is -0.351 e. The Bertz CT molecular complexity index is 886. The van der Waals surface area contributed by atoms with Gasteiger partial charge in [0.05, 0.1) is 13.1 Å². The van der Waals surface area contributed by atoms with Crippen molar-refractivity contribution in [3.05, 3.63) is 70.5 Å². The van der Waals surface area contributed by atoms with Crippen molar-refractivity contribution in [2.75, 3.05) is 19.6 Å². The fourth-order valence-electron chi connectivity index (χ4n) is 2.32. The molecule has 0 heterocycles. The van der Waals surface area contributed by atoms with E-state index in [4.69, 9.17) is 11.6 Å². The molecule has 0 bridgehead atoms. The molecule has 0 aromatic heterocycles. The van der Waals surface area contributed by atoms with Crippen molar-refractivity contribution < 1.29 is 18.8 Å². The van der Waals surface area contributed by atoms with Gasteiger partial charge in [-0.2, -0.15) is 0 Å². The molecule has 2 aromatic carbocycles. The van der Waals surface area contributed by atoms with Crippen LogP contribution < -0.4 is 5.32 Å². The smallest absolute Gasteiger partial charge is 0.295 e. The quantitative estimate of drug-likeness (QED) is 0.666. The van der Waals surface area contributed by atoms with Crippen molar-refractivity contribution in [3.63, 3.8) is 0 Å². The standard InChI is InChI=1S/C20H20ClFN4O3/c1-2-26(12-18(27)23-11-14-3-7-16(21)8-4-14)13-19(28)24-25-20(29)15-5-9-17(22)10-6-15/h3-10H,2,11-13H2,1H3,(H,23,27). The third-order valence-corrected chi connectivity index (χ3v) is 4.17. The number of hydrogen-bond donors (Lipinski definition) is 1. The lowest BCUT2D eigenvalue weighted by atomic mass is 10.2. The molecule has 0 spiro atoms. The van der Waals surface area contributed by atoms with Crippen LogP contribution in [0.3, 0.4) is 0 Å². The highest BCUT2D eigenvalue weighted by Gasteiger charge is 2.13. The molecule has 0 radical (unpaired) electrons. The summed E-state index contributed by atoms with van der Waals surface area (Å²) in [4.78, 5) is 37.4. The average Bonchev–Trinajstić information content (AvgIpc) is 2.71. The molecule has 0 aliphatic heterocycles. The van der Waals surface area contributed by atoms with Crippen molar-refractivity contribution in [2.24, 2.45) is 10.2 Å². The largest absolute Gasteiger partial charge is 0.351 e. The molecule has 7 nitrogen and oxygen atoms in total. The summed E-state index contributed by atoms with van der Waals surface area (Å²) in [5.41, 5.74) is 1.02. The molecule has 152 valence electrons. The van der Waals surface area contributed by atoms with E-state index in [1.807, 2.05) is 12.1 Å². The highest BCUT2D eigenvalue weighted by Crippen LogP contribution is 2.09. The summed E-state index contributed by atoms with van der Waals surface area (Å²) >= 11 is 5.82. The number of benzene rings is 2. The van der Waals surface area contributed by atoms with Gasteiger partial charge in [0.25, 0.3) is 11.8 Å². The van der Waals surface area contributed by atoms with E-state index < -0.39 is 17.6 Å². The summed E-state index contributed by atoms with van der Waals surface area (Å²) in [7, 11) is 0. The fraction of sp³-hybridized carbons (Fsp3) is 0.250. The maximum absolute atomic E-state index is 12.9. The molecule has 0 aliphatic carbocycles. The zero-order valence-corrected chi connectivity index (χ0v) is 16.5. The molecule has 0 saturated heterocycles. The number of likely N-dealkylation sites (N-methyl/N-ethyl adjacent to an activating group) is 1. The Labute approximate surface area is 172 Å². The number of nitrogens with zero attached hydrogens (tertiary/aromatic N) is 3. The van der Waals surface area contributed by atoms with Gasteiger partial charge < -0.3 is 5.32 Å². The molecule has 2 aromatic rings. The molecular formula is C20H20ClFN4O3. The number of nitrogens with one attached hydrogen (secondary N) is 1. The van der Waals surface area contributed by atoms with Crippen molar-refractivity contribution in [3.8, 4) is 0 Å². The third kappa shape index (κ3) is 7.89. The predicted molar refractivity (Wildman–Crippen MR) is 106 cm³/mol. The Hall–Kier alpha value is -2.97. The van der Waals surface area contributed by atoms with E-state index in [9.17, 15) is 18.8 Å². The second kappa shape index (κ2) is 11.1. The molecule has 0 atom stereocenters. The molecule has 2 rings (SSSR count). The van der Waals surface area contributed by atoms with E-state index in [2.05, 4.69) is 15.5 Å². The zero-order valence-electron chi connectivity index (χ0n) is 15.8. The zero-order chi connectivity index (χ0) is 21.2. The Kier molecular flexibility index (Phi) is 8.57. The maximum Gasteiger partial charge on any atom is 0.295 e. The number of azo groups is 1. The van der Waals surface area contributed by atoms with Crippen molar-refractivity contribution >= 4 is 29.3 Å². The summed E-state index contributed by atoms with van der Waals surface area (Å²) < 4.78 is 12.9. The highest BCUT2D eigenvalue weighted by atomic mass is 35.5. The van der Waals surface area contributed by atoms with Crippen LogP contribution in [0, 0.1) is 5.82 Å². The van der Waals surface area contributed by atoms with E-state index in [-0.39, 0.29) is 24.6 Å². The summed E-state index contributed by atoms with van der Waals surface area (Å²) in [6.07, 6.45) is 0. The minimum atomic E-state index is -0.748. The van der Waals surface area contributed by atoms with Crippen LogP contribution >= 0.6 is 11.6 Å². The van der Waals surface area contributed by atoms with E-state index in [1.165, 1.54) is 12.1 Å². The van der Waals surface area contributed by atoms with Crippen LogP contribution in [0.1, 0.15) is 22.8 Å². The van der Waals surface area contributed by atoms with Crippen molar-refractivity contribution in [2.45, 2.75) is 13.5 Å². The number of amides is 3. The van der Waals surface area contributed by atoms with Gasteiger partial charge in [-0.1, -0.05) is 30.7 Å². The van der Waals surface area contributed by atoms with Crippen LogP contribution in [0.25, 0.3) is 0 Å². The van der Waals surface area contributed by atoms with Gasteiger partial charge in [-0.25, -0.2) is 4.39 Å². The lowest BCUT2D eigenvalue weighted by Gasteiger charge is -2.17. The van der Waals surface area contributed by atoms with Gasteiger partial charge in [0.1, 0.15) is 5.82 Å². The van der Waals surface area contributed by atoms with Gasteiger partial charge in [0.2, 0.25) is 5.91 Å². The summed E-state index contributed by atoms with van der Waals surface area (Å²) in [6, 6.07) is 11.8. The van der Waals surface area contributed by atoms with Crippen LogP contribution in [0.5, 0.6) is 0 Å². The van der Waals surface area contributed by atoms with E-state index in [0.29, 0.717) is 18.1 Å². The number of halogens is 2. The summed E-state index contributed by atoms with van der Waals surface area (Å²) in [6.45, 7) is 2.40. The first-order valence-electron chi connectivity index (χ1n) is 8.85. The Morgan fingerprint density at radius 1 is 1.00 bits per heavy atom. The minimum absolute atomic E-state index is 0.00272. The van der Waals surface area contributed by atoms with Gasteiger partial charge in [-0.3, -0.25) is 19.3 Å². The molecule has 0 unspecified atom stereocenters. The predicted octanol–water partition coefficient (Wildman–Crippen LogP) is 3.24. The van der Waals surface area contributed by atoms with Gasteiger partial charge in [0, 0.05) is 17.1 Å². The SMILES string of the molecule is CCN(CC(=O)N=NC(=O)c1ccc(F)cc1)CC(=O)NCc1ccc(Cl)cc1. The number of rotatable bonds is 8. The van der Waals surface area contributed by atoms with Gasteiger partial charge >= 0.3 is 0 Å². The van der Waals surface area contributed by atoms with Gasteiger partial charge in [-0.05, 0) is 48.5 Å². The number of carbonyl (C=O) groups is 3. The van der Waals surface area contributed by atoms with Crippen LogP contribution in [0.4, 0.5) is 4.39 Å². The first kappa shape index (κ1) is 22.3. The van der Waals surface area contributed by atoms with Gasteiger partial charge in [0.15, 0.2) is 0 Å². The molecule has 29 heavy (non-hydrogen) atoms. The van der Waals surface area contributed by atoms with E-state index in [1.54, 1.807) is 24.0 Å². The first-order chi connectivity index (χ1) is 13.9. The van der Waals surface area contributed by atoms with Crippen LogP contribution in [0.2, 0.25) is 5.02 Å². The second-order valence-corrected chi connectivity index (χ2v) is 6.55.